The number of hydrogen-bond donors (Lipinski definition) is 3. The van der Waals surface area contributed by atoms with Gasteiger partial charge in [-0.05, 0) is 145 Å². The average molecular weight is 1430 g/mol. The van der Waals surface area contributed by atoms with Gasteiger partial charge in [0.2, 0.25) is 0 Å². The standard InChI is InChI=1S/3C23H20ClF3N4S/c3*1-14(2)10-20-19(12-28)21(29-18-5-3-4-16(11-18)23(25,26)27)31-22(30-20)32-13-15-6-8-17(24)9-7-15/h3*3-9,11,14H,10,13H2,1-2H3,(H,29,30,31). The van der Waals surface area contributed by atoms with Gasteiger partial charge in [-0.3, -0.25) is 0 Å². The largest absolute Gasteiger partial charge is 0.416 e. The number of hydrogen-bond acceptors (Lipinski definition) is 15. The lowest BCUT2D eigenvalue weighted by molar-refractivity contribution is -0.138. The Morgan fingerprint density at radius 2 is 0.615 bits per heavy atom. The summed E-state index contributed by atoms with van der Waals surface area (Å²) in [4.78, 5) is 27.0. The normalized spacial score (nSPS) is 11.4. The Labute approximate surface area is 577 Å². The van der Waals surface area contributed by atoms with E-state index in [1.54, 1.807) is 36.4 Å². The average Bonchev–Trinajstić information content (AvgIpc) is 0.827. The number of aromatic nitrogens is 6. The molecule has 0 unspecified atom stereocenters. The van der Waals surface area contributed by atoms with E-state index in [-0.39, 0.29) is 69.0 Å². The van der Waals surface area contributed by atoms with Crippen molar-refractivity contribution >= 4 is 105 Å². The van der Waals surface area contributed by atoms with Crippen molar-refractivity contribution in [2.75, 3.05) is 16.0 Å². The van der Waals surface area contributed by atoms with E-state index >= 15 is 0 Å². The molecule has 9 aromatic rings. The van der Waals surface area contributed by atoms with E-state index in [1.165, 1.54) is 71.7 Å². The Bertz CT molecular complexity index is 3810. The van der Waals surface area contributed by atoms with Crippen LogP contribution < -0.4 is 16.0 Å². The molecule has 9 rings (SSSR count). The molecule has 0 fully saturated rings. The smallest absolute Gasteiger partial charge is 0.339 e. The molecule has 0 spiro atoms. The zero-order valence-electron chi connectivity index (χ0n) is 52.1. The van der Waals surface area contributed by atoms with Crippen molar-refractivity contribution in [2.24, 2.45) is 17.8 Å². The van der Waals surface area contributed by atoms with E-state index in [0.717, 1.165) is 53.1 Å². The van der Waals surface area contributed by atoms with Crippen LogP contribution >= 0.6 is 70.1 Å². The summed E-state index contributed by atoms with van der Waals surface area (Å²) in [6.07, 6.45) is -11.8. The van der Waals surface area contributed by atoms with Crippen LogP contribution in [0.15, 0.2) is 161 Å². The van der Waals surface area contributed by atoms with Crippen LogP contribution in [0.4, 0.5) is 74.0 Å². The highest BCUT2D eigenvalue weighted by atomic mass is 35.5. The molecule has 12 nitrogen and oxygen atoms in total. The number of thioether (sulfide) groups is 3. The summed E-state index contributed by atoms with van der Waals surface area (Å²) in [7, 11) is 0. The second kappa shape index (κ2) is 34.6. The van der Waals surface area contributed by atoms with Crippen LogP contribution in [0.1, 0.15) is 109 Å². The summed E-state index contributed by atoms with van der Waals surface area (Å²) in [5.74, 6) is 2.99. The first kappa shape index (κ1) is 75.1. The molecule has 0 saturated heterocycles. The zero-order chi connectivity index (χ0) is 69.9. The van der Waals surface area contributed by atoms with E-state index in [1.807, 2.05) is 77.9 Å². The van der Waals surface area contributed by atoms with Crippen LogP contribution in [-0.4, -0.2) is 29.9 Å². The van der Waals surface area contributed by atoms with Crippen molar-refractivity contribution in [3.63, 3.8) is 0 Å². The summed E-state index contributed by atoms with van der Waals surface area (Å²) in [6.45, 7) is 12.0. The number of benzene rings is 6. The molecule has 6 aromatic carbocycles. The highest BCUT2D eigenvalue weighted by Gasteiger charge is 2.33. The predicted octanol–water partition coefficient (Wildman–Crippen LogP) is 21.8. The molecule has 96 heavy (non-hydrogen) atoms. The van der Waals surface area contributed by atoms with E-state index in [0.29, 0.717) is 84.1 Å². The topological polar surface area (TPSA) is 185 Å². The second-order valence-corrected chi connectivity index (χ2v) is 26.7. The molecule has 3 N–H and O–H groups in total. The van der Waals surface area contributed by atoms with Gasteiger partial charge in [0.05, 0.1) is 33.8 Å². The summed E-state index contributed by atoms with van der Waals surface area (Å²) >= 11 is 21.9. The van der Waals surface area contributed by atoms with E-state index < -0.39 is 35.2 Å². The molecule has 0 aliphatic heterocycles. The van der Waals surface area contributed by atoms with Gasteiger partial charge in [-0.2, -0.15) is 55.3 Å². The first-order valence-corrected chi connectivity index (χ1v) is 33.4. The predicted molar refractivity (Wildman–Crippen MR) is 363 cm³/mol. The van der Waals surface area contributed by atoms with Crippen molar-refractivity contribution in [2.45, 2.75) is 112 Å². The van der Waals surface area contributed by atoms with E-state index in [9.17, 15) is 55.3 Å². The number of halogens is 12. The molecular formula is C69H60Cl3F9N12S3. The van der Waals surface area contributed by atoms with Crippen LogP contribution in [0.25, 0.3) is 0 Å². The van der Waals surface area contributed by atoms with Crippen molar-refractivity contribution in [3.8, 4) is 18.2 Å². The molecule has 498 valence electrons. The molecule has 0 atom stereocenters. The maximum absolute atomic E-state index is 13.1. The second-order valence-electron chi connectivity index (χ2n) is 22.5. The third-order valence-electron chi connectivity index (χ3n) is 13.2. The minimum absolute atomic E-state index is 0.191. The fraction of sp³-hybridized carbons (Fsp3) is 0.261. The number of nitrogens with one attached hydrogen (secondary N) is 3. The lowest BCUT2D eigenvalue weighted by Crippen LogP contribution is -2.09. The third kappa shape index (κ3) is 23.2. The van der Waals surface area contributed by atoms with Crippen molar-refractivity contribution in [3.05, 3.63) is 228 Å². The molecule has 0 bridgehead atoms. The molecule has 3 aromatic heterocycles. The molecule has 0 amide bonds. The highest BCUT2D eigenvalue weighted by Crippen LogP contribution is 2.37. The van der Waals surface area contributed by atoms with Gasteiger partial charge < -0.3 is 16.0 Å². The third-order valence-corrected chi connectivity index (χ3v) is 16.7. The monoisotopic (exact) mass is 1430 g/mol. The Kier molecular flexibility index (Phi) is 27.1. The summed E-state index contributed by atoms with van der Waals surface area (Å²) < 4.78 is 118. The van der Waals surface area contributed by atoms with Crippen molar-refractivity contribution in [1.82, 2.24) is 29.9 Å². The maximum atomic E-state index is 13.1. The fourth-order valence-electron chi connectivity index (χ4n) is 8.79. The molecule has 0 saturated carbocycles. The van der Waals surface area contributed by atoms with Crippen LogP contribution in [0, 0.1) is 51.7 Å². The zero-order valence-corrected chi connectivity index (χ0v) is 56.8. The molecule has 0 aliphatic carbocycles. The lowest BCUT2D eigenvalue weighted by atomic mass is 10.0. The van der Waals surface area contributed by atoms with Crippen LogP contribution in [-0.2, 0) is 55.0 Å². The van der Waals surface area contributed by atoms with Gasteiger partial charge in [-0.25, -0.2) is 29.9 Å². The van der Waals surface area contributed by atoms with E-state index in [4.69, 9.17) is 34.8 Å². The number of alkyl halides is 9. The number of nitriles is 3. The van der Waals surface area contributed by atoms with Gasteiger partial charge in [0, 0.05) is 49.4 Å². The minimum atomic E-state index is -4.47. The Balaban J connectivity index is 0.000000203. The van der Waals surface area contributed by atoms with Crippen molar-refractivity contribution in [1.29, 1.82) is 15.8 Å². The number of anilines is 6. The fourth-order valence-corrected chi connectivity index (χ4v) is 11.6. The number of nitrogens with zero attached hydrogens (tertiary/aromatic N) is 9. The quantitative estimate of drug-likeness (QED) is 0.0350. The van der Waals surface area contributed by atoms with Gasteiger partial charge in [-0.1, -0.05) is 166 Å². The molecule has 3 heterocycles. The first-order valence-electron chi connectivity index (χ1n) is 29.3. The highest BCUT2D eigenvalue weighted by molar-refractivity contribution is 7.98. The van der Waals surface area contributed by atoms with Crippen molar-refractivity contribution < 1.29 is 39.5 Å². The number of rotatable bonds is 21. The molecule has 0 aliphatic rings. The maximum Gasteiger partial charge on any atom is 0.416 e. The van der Waals surface area contributed by atoms with E-state index in [2.05, 4.69) is 64.1 Å². The SMILES string of the molecule is CC(C)Cc1nc(SCc2ccc(Cl)cc2)nc(Nc2cccc(C(F)(F)F)c2)c1C#N.CC(C)Cc1nc(SCc2ccc(Cl)cc2)nc(Nc2cccc(C(F)(F)F)c2)c1C#N.CC(C)Cc1nc(SCc2ccc(Cl)cc2)nc(Nc2cccc(C(F)(F)F)c2)c1C#N. The van der Waals surface area contributed by atoms with Crippen LogP contribution in [0.5, 0.6) is 0 Å². The minimum Gasteiger partial charge on any atom is -0.339 e. The van der Waals surface area contributed by atoms with Gasteiger partial charge in [-0.15, -0.1) is 0 Å². The van der Waals surface area contributed by atoms with Gasteiger partial charge in [0.1, 0.15) is 34.9 Å². The molecule has 27 heteroatoms. The molecular weight excluding hydrogens is 1370 g/mol. The Hall–Kier alpha value is -8.28. The Morgan fingerprint density at radius 3 is 0.823 bits per heavy atom. The summed E-state index contributed by atoms with van der Waals surface area (Å²) in [6, 6.07) is 42.9. The van der Waals surface area contributed by atoms with Gasteiger partial charge >= 0.3 is 18.5 Å². The first-order chi connectivity index (χ1) is 45.5. The molecule has 0 radical (unpaired) electrons. The summed E-state index contributed by atoms with van der Waals surface area (Å²) in [5.41, 5.74) is 3.66. The van der Waals surface area contributed by atoms with Gasteiger partial charge in [0.15, 0.2) is 32.9 Å². The lowest BCUT2D eigenvalue weighted by Gasteiger charge is -2.15. The van der Waals surface area contributed by atoms with Crippen LogP contribution in [0.2, 0.25) is 15.1 Å². The summed E-state index contributed by atoms with van der Waals surface area (Å²) in [5, 5.41) is 41.1. The van der Waals surface area contributed by atoms with Crippen LogP contribution in [0.3, 0.4) is 0 Å². The Morgan fingerprint density at radius 1 is 0.375 bits per heavy atom. The van der Waals surface area contributed by atoms with Gasteiger partial charge in [0.25, 0.3) is 0 Å².